The number of hydrogen-bond donors (Lipinski definition) is 1. The van der Waals surface area contributed by atoms with E-state index in [1.807, 2.05) is 0 Å². The first-order valence-electron chi connectivity index (χ1n) is 4.71. The van der Waals surface area contributed by atoms with Crippen molar-refractivity contribution >= 4 is 17.3 Å². The van der Waals surface area contributed by atoms with Gasteiger partial charge in [0, 0.05) is 5.56 Å². The van der Waals surface area contributed by atoms with E-state index >= 15 is 0 Å². The zero-order valence-electron chi connectivity index (χ0n) is 9.26. The van der Waals surface area contributed by atoms with E-state index < -0.39 is 39.9 Å². The molecule has 1 aromatic rings. The summed E-state index contributed by atoms with van der Waals surface area (Å²) in [4.78, 5) is 0. The molecule has 0 aliphatic heterocycles. The Bertz CT molecular complexity index is 490. The molecule has 0 amide bonds. The van der Waals surface area contributed by atoms with Crippen LogP contribution in [0.2, 0.25) is 5.02 Å². The maximum absolute atomic E-state index is 13.6. The molecule has 19 heavy (non-hydrogen) atoms. The first-order valence-corrected chi connectivity index (χ1v) is 5.08. The Morgan fingerprint density at radius 2 is 1.47 bits per heavy atom. The van der Waals surface area contributed by atoms with Gasteiger partial charge in [0.05, 0.1) is 16.3 Å². The summed E-state index contributed by atoms with van der Waals surface area (Å²) >= 11 is 5.32. The van der Waals surface area contributed by atoms with E-state index in [-0.39, 0.29) is 13.0 Å². The van der Waals surface area contributed by atoms with E-state index in [0.29, 0.717) is 6.07 Å². The quantitative estimate of drug-likeness (QED) is 0.591. The summed E-state index contributed by atoms with van der Waals surface area (Å²) in [5.41, 5.74) is -2.75. The summed E-state index contributed by atoms with van der Waals surface area (Å²) in [5, 5.41) is -0.794. The number of nitrogen functional groups attached to an aromatic ring is 1. The van der Waals surface area contributed by atoms with Gasteiger partial charge in [0.1, 0.15) is 0 Å². The Hall–Kier alpha value is -1.18. The van der Waals surface area contributed by atoms with E-state index in [1.165, 1.54) is 0 Å². The molecule has 0 saturated carbocycles. The molecule has 0 aliphatic carbocycles. The Morgan fingerprint density at radius 3 is 1.84 bits per heavy atom. The molecule has 0 heterocycles. The van der Waals surface area contributed by atoms with E-state index in [9.17, 15) is 30.7 Å². The summed E-state index contributed by atoms with van der Waals surface area (Å²) < 4.78 is 88.6. The van der Waals surface area contributed by atoms with Crippen LogP contribution in [0.15, 0.2) is 12.1 Å². The van der Waals surface area contributed by atoms with E-state index in [4.69, 9.17) is 17.3 Å². The maximum Gasteiger partial charge on any atom is 0.426 e. The Morgan fingerprint density at radius 1 is 1.00 bits per heavy atom. The van der Waals surface area contributed by atoms with Gasteiger partial charge in [-0.25, -0.2) is 4.39 Å². The van der Waals surface area contributed by atoms with Gasteiger partial charge in [0.15, 0.2) is 0 Å². The predicted octanol–water partition coefficient (Wildman–Crippen LogP) is 4.69. The lowest BCUT2D eigenvalue weighted by atomic mass is 9.94. The lowest BCUT2D eigenvalue weighted by Crippen LogP contribution is -2.35. The molecule has 0 radical (unpaired) electrons. The van der Waals surface area contributed by atoms with Crippen molar-refractivity contribution < 1.29 is 30.7 Å². The van der Waals surface area contributed by atoms with E-state index in [0.717, 1.165) is 0 Å². The van der Waals surface area contributed by atoms with Gasteiger partial charge in [-0.15, -0.1) is 0 Å². The second-order valence-corrected chi connectivity index (χ2v) is 4.32. The highest BCUT2D eigenvalue weighted by molar-refractivity contribution is 6.33. The highest BCUT2D eigenvalue weighted by Gasteiger charge is 2.54. The van der Waals surface area contributed by atoms with Crippen molar-refractivity contribution in [3.63, 3.8) is 0 Å². The molecule has 2 N–H and O–H groups in total. The van der Waals surface area contributed by atoms with Crippen molar-refractivity contribution in [2.45, 2.75) is 24.9 Å². The van der Waals surface area contributed by atoms with Crippen molar-refractivity contribution in [2.24, 2.45) is 0 Å². The number of alkyl halides is 7. The smallest absolute Gasteiger partial charge is 0.397 e. The monoisotopic (exact) mass is 309 g/mol. The van der Waals surface area contributed by atoms with Gasteiger partial charge in [-0.05, 0) is 19.1 Å². The molecule has 1 aromatic carbocycles. The number of hydrogen-bond acceptors (Lipinski definition) is 1. The second-order valence-electron chi connectivity index (χ2n) is 3.92. The van der Waals surface area contributed by atoms with Crippen LogP contribution in [-0.2, 0) is 11.8 Å². The lowest BCUT2D eigenvalue weighted by molar-refractivity contribution is -0.228. The van der Waals surface area contributed by atoms with Crippen LogP contribution in [0.3, 0.4) is 0 Å². The molecule has 0 spiro atoms. The normalized spacial score (nSPS) is 16.3. The summed E-state index contributed by atoms with van der Waals surface area (Å²) in [5.74, 6) is 0. The van der Waals surface area contributed by atoms with Crippen LogP contribution < -0.4 is 5.73 Å². The minimum atomic E-state index is -5.38. The minimum absolute atomic E-state index is 0.00863. The summed E-state index contributed by atoms with van der Waals surface area (Å²) in [7, 11) is 0. The van der Waals surface area contributed by atoms with Crippen LogP contribution in [0.5, 0.6) is 0 Å². The number of benzene rings is 1. The van der Waals surface area contributed by atoms with Gasteiger partial charge >= 0.3 is 12.4 Å². The van der Waals surface area contributed by atoms with E-state index in [1.54, 1.807) is 0 Å². The zero-order valence-corrected chi connectivity index (χ0v) is 10.0. The van der Waals surface area contributed by atoms with Gasteiger partial charge < -0.3 is 5.73 Å². The largest absolute Gasteiger partial charge is 0.426 e. The number of halogens is 8. The highest BCUT2D eigenvalue weighted by Crippen LogP contribution is 2.46. The number of nitrogens with two attached hydrogens (primary N) is 1. The average molecular weight is 310 g/mol. The molecular formula is C10H7ClF7N. The molecular weight excluding hydrogens is 303 g/mol. The van der Waals surface area contributed by atoms with Crippen LogP contribution in [0, 0.1) is 0 Å². The molecule has 0 aliphatic rings. The molecule has 108 valence electrons. The van der Waals surface area contributed by atoms with Crippen molar-refractivity contribution in [2.75, 3.05) is 5.73 Å². The SMILES string of the molecule is CC(F)(c1cc(Cl)c(N)c(C(F)(F)F)c1)C(F)(F)F. The van der Waals surface area contributed by atoms with Crippen molar-refractivity contribution in [1.82, 2.24) is 0 Å². The van der Waals surface area contributed by atoms with Crippen LogP contribution >= 0.6 is 11.6 Å². The molecule has 1 unspecified atom stereocenters. The highest BCUT2D eigenvalue weighted by atomic mass is 35.5. The van der Waals surface area contributed by atoms with Crippen molar-refractivity contribution in [3.05, 3.63) is 28.3 Å². The summed E-state index contributed by atoms with van der Waals surface area (Å²) in [6.45, 7) is 0.106. The Kier molecular flexibility index (Phi) is 3.70. The lowest BCUT2D eigenvalue weighted by Gasteiger charge is -2.25. The average Bonchev–Trinajstić information content (AvgIpc) is 2.18. The topological polar surface area (TPSA) is 26.0 Å². The molecule has 1 nitrogen and oxygen atoms in total. The summed E-state index contributed by atoms with van der Waals surface area (Å²) in [6, 6.07) is 0.439. The van der Waals surface area contributed by atoms with Crippen molar-refractivity contribution in [1.29, 1.82) is 0 Å². The van der Waals surface area contributed by atoms with Crippen LogP contribution in [0.25, 0.3) is 0 Å². The van der Waals surface area contributed by atoms with E-state index in [2.05, 4.69) is 0 Å². The van der Waals surface area contributed by atoms with Crippen LogP contribution in [-0.4, -0.2) is 6.18 Å². The maximum atomic E-state index is 13.6. The Labute approximate surface area is 108 Å². The molecule has 1 atom stereocenters. The third-order valence-corrected chi connectivity index (χ3v) is 2.82. The summed E-state index contributed by atoms with van der Waals surface area (Å²) in [6.07, 6.45) is -10.4. The fourth-order valence-corrected chi connectivity index (χ4v) is 1.51. The molecule has 9 heteroatoms. The first-order chi connectivity index (χ1) is 8.28. The minimum Gasteiger partial charge on any atom is -0.397 e. The Balaban J connectivity index is 3.54. The third kappa shape index (κ3) is 2.88. The fourth-order valence-electron chi connectivity index (χ4n) is 1.29. The first kappa shape index (κ1) is 15.9. The molecule has 0 aromatic heterocycles. The fraction of sp³-hybridized carbons (Fsp3) is 0.400. The number of rotatable bonds is 1. The standard InChI is InChI=1S/C10H7ClF7N/c1-8(12,10(16,17)18)4-2-5(9(13,14)15)7(19)6(11)3-4/h2-3H,19H2,1H3. The zero-order chi connectivity index (χ0) is 15.2. The number of anilines is 1. The van der Waals surface area contributed by atoms with Gasteiger partial charge in [0.2, 0.25) is 5.67 Å². The molecule has 0 bridgehead atoms. The second kappa shape index (κ2) is 4.43. The predicted molar refractivity (Wildman–Crippen MR) is 55.4 cm³/mol. The van der Waals surface area contributed by atoms with Gasteiger partial charge in [-0.3, -0.25) is 0 Å². The molecule has 1 rings (SSSR count). The molecule has 0 saturated heterocycles. The van der Waals surface area contributed by atoms with Gasteiger partial charge in [-0.1, -0.05) is 11.6 Å². The van der Waals surface area contributed by atoms with Crippen molar-refractivity contribution in [3.8, 4) is 0 Å². The molecule has 0 fully saturated rings. The van der Waals surface area contributed by atoms with Gasteiger partial charge in [-0.2, -0.15) is 26.3 Å². The third-order valence-electron chi connectivity index (χ3n) is 2.51. The van der Waals surface area contributed by atoms with Gasteiger partial charge in [0.25, 0.3) is 0 Å². The van der Waals surface area contributed by atoms with Crippen LogP contribution in [0.1, 0.15) is 18.1 Å². The van der Waals surface area contributed by atoms with Crippen LogP contribution in [0.4, 0.5) is 36.4 Å².